The van der Waals surface area contributed by atoms with Crippen molar-refractivity contribution in [3.63, 3.8) is 0 Å². The van der Waals surface area contributed by atoms with E-state index < -0.39 is 0 Å². The third-order valence-corrected chi connectivity index (χ3v) is 3.39. The molecule has 1 aromatic heterocycles. The molecule has 106 valence electrons. The van der Waals surface area contributed by atoms with Crippen LogP contribution in [0.2, 0.25) is 0 Å². The van der Waals surface area contributed by atoms with Gasteiger partial charge in [-0.15, -0.1) is 0 Å². The highest BCUT2D eigenvalue weighted by Crippen LogP contribution is 2.09. The lowest BCUT2D eigenvalue weighted by molar-refractivity contribution is 0.0666. The fourth-order valence-electron chi connectivity index (χ4n) is 2.38. The van der Waals surface area contributed by atoms with Crippen molar-refractivity contribution in [3.05, 3.63) is 29.6 Å². The second-order valence-electron chi connectivity index (χ2n) is 5.21. The number of hydrogen-bond acceptors (Lipinski definition) is 4. The molecule has 1 unspecified atom stereocenters. The zero-order valence-electron chi connectivity index (χ0n) is 12.1. The Hall–Kier alpha value is -0.970. The standard InChI is InChI=1S/C15H25N3O/c1-3-16-9-14-5-6-15(17-10-14)12-18-7-4-8-19-13(2)11-18/h5-6,10,13,16H,3-4,7-9,11-12H2,1-2H3. The molecule has 1 N–H and O–H groups in total. The Balaban J connectivity index is 1.87. The summed E-state index contributed by atoms with van der Waals surface area (Å²) in [5.41, 5.74) is 2.40. The van der Waals surface area contributed by atoms with Crippen molar-refractivity contribution in [2.75, 3.05) is 26.2 Å². The molecule has 1 fully saturated rings. The fraction of sp³-hybridized carbons (Fsp3) is 0.667. The first-order valence-electron chi connectivity index (χ1n) is 7.26. The molecule has 4 nitrogen and oxygen atoms in total. The summed E-state index contributed by atoms with van der Waals surface area (Å²) in [5, 5.41) is 3.31. The Bertz CT molecular complexity index is 366. The zero-order valence-corrected chi connectivity index (χ0v) is 12.1. The van der Waals surface area contributed by atoms with Crippen LogP contribution in [0.25, 0.3) is 0 Å². The Morgan fingerprint density at radius 3 is 3.11 bits per heavy atom. The van der Waals surface area contributed by atoms with Crippen molar-refractivity contribution in [1.82, 2.24) is 15.2 Å². The smallest absolute Gasteiger partial charge is 0.0674 e. The van der Waals surface area contributed by atoms with Crippen molar-refractivity contribution >= 4 is 0 Å². The molecule has 1 atom stereocenters. The second-order valence-corrected chi connectivity index (χ2v) is 5.21. The Kier molecular flexibility index (Phi) is 5.76. The van der Waals surface area contributed by atoms with E-state index in [2.05, 4.69) is 41.2 Å². The van der Waals surface area contributed by atoms with Gasteiger partial charge in [0.2, 0.25) is 0 Å². The topological polar surface area (TPSA) is 37.4 Å². The van der Waals surface area contributed by atoms with Crippen molar-refractivity contribution in [3.8, 4) is 0 Å². The second kappa shape index (κ2) is 7.58. The van der Waals surface area contributed by atoms with Crippen LogP contribution < -0.4 is 5.32 Å². The third-order valence-electron chi connectivity index (χ3n) is 3.39. The Morgan fingerprint density at radius 1 is 1.47 bits per heavy atom. The minimum Gasteiger partial charge on any atom is -0.377 e. The van der Waals surface area contributed by atoms with Gasteiger partial charge < -0.3 is 10.1 Å². The highest BCUT2D eigenvalue weighted by molar-refractivity contribution is 5.14. The summed E-state index contributed by atoms with van der Waals surface area (Å²) in [6.07, 6.45) is 3.43. The number of nitrogens with zero attached hydrogens (tertiary/aromatic N) is 2. The maximum absolute atomic E-state index is 5.66. The van der Waals surface area contributed by atoms with Crippen molar-refractivity contribution in [1.29, 1.82) is 0 Å². The summed E-state index contributed by atoms with van der Waals surface area (Å²) >= 11 is 0. The van der Waals surface area contributed by atoms with Gasteiger partial charge in [0.1, 0.15) is 0 Å². The van der Waals surface area contributed by atoms with Crippen LogP contribution in [0.3, 0.4) is 0 Å². The van der Waals surface area contributed by atoms with Crippen LogP contribution in [0.1, 0.15) is 31.5 Å². The van der Waals surface area contributed by atoms with E-state index in [0.29, 0.717) is 6.10 Å². The van der Waals surface area contributed by atoms with Gasteiger partial charge in [0.05, 0.1) is 11.8 Å². The van der Waals surface area contributed by atoms with Gasteiger partial charge in [0.25, 0.3) is 0 Å². The van der Waals surface area contributed by atoms with Gasteiger partial charge in [-0.1, -0.05) is 13.0 Å². The summed E-state index contributed by atoms with van der Waals surface area (Å²) < 4.78 is 5.66. The fourth-order valence-corrected chi connectivity index (χ4v) is 2.38. The minimum atomic E-state index is 0.329. The molecule has 1 saturated heterocycles. The maximum atomic E-state index is 5.66. The van der Waals surface area contributed by atoms with Gasteiger partial charge >= 0.3 is 0 Å². The number of rotatable bonds is 5. The van der Waals surface area contributed by atoms with Crippen LogP contribution in [0.4, 0.5) is 0 Å². The summed E-state index contributed by atoms with van der Waals surface area (Å²) in [6, 6.07) is 4.31. The first-order chi connectivity index (χ1) is 9.28. The summed E-state index contributed by atoms with van der Waals surface area (Å²) in [4.78, 5) is 6.99. The monoisotopic (exact) mass is 263 g/mol. The Labute approximate surface area is 116 Å². The average Bonchev–Trinajstić information content (AvgIpc) is 2.62. The van der Waals surface area contributed by atoms with E-state index in [1.807, 2.05) is 6.20 Å². The molecule has 19 heavy (non-hydrogen) atoms. The molecule has 1 aromatic rings. The van der Waals surface area contributed by atoms with E-state index in [-0.39, 0.29) is 0 Å². The lowest BCUT2D eigenvalue weighted by Crippen LogP contribution is -2.30. The van der Waals surface area contributed by atoms with Crippen molar-refractivity contribution in [2.45, 2.75) is 39.5 Å². The molecule has 0 aliphatic carbocycles. The summed E-state index contributed by atoms with van der Waals surface area (Å²) in [5.74, 6) is 0. The molecular formula is C15H25N3O. The largest absolute Gasteiger partial charge is 0.377 e. The van der Waals surface area contributed by atoms with Gasteiger partial charge in [-0.3, -0.25) is 9.88 Å². The molecule has 1 aliphatic rings. The summed E-state index contributed by atoms with van der Waals surface area (Å²) in [7, 11) is 0. The Morgan fingerprint density at radius 2 is 2.37 bits per heavy atom. The number of nitrogens with one attached hydrogen (secondary N) is 1. The maximum Gasteiger partial charge on any atom is 0.0674 e. The highest BCUT2D eigenvalue weighted by Gasteiger charge is 2.15. The number of hydrogen-bond donors (Lipinski definition) is 1. The summed E-state index contributed by atoms with van der Waals surface area (Å²) in [6.45, 7) is 10.1. The molecule has 4 heteroatoms. The van der Waals surface area contributed by atoms with Gasteiger partial charge in [0, 0.05) is 39.0 Å². The predicted molar refractivity (Wildman–Crippen MR) is 76.9 cm³/mol. The van der Waals surface area contributed by atoms with Crippen LogP contribution >= 0.6 is 0 Å². The normalized spacial score (nSPS) is 21.3. The molecule has 0 radical (unpaired) electrons. The van der Waals surface area contributed by atoms with Gasteiger partial charge in [-0.2, -0.15) is 0 Å². The van der Waals surface area contributed by atoms with E-state index in [9.17, 15) is 0 Å². The first kappa shape index (κ1) is 14.4. The van der Waals surface area contributed by atoms with Gasteiger partial charge in [-0.25, -0.2) is 0 Å². The van der Waals surface area contributed by atoms with E-state index in [4.69, 9.17) is 4.74 Å². The van der Waals surface area contributed by atoms with Crippen molar-refractivity contribution < 1.29 is 4.74 Å². The predicted octanol–water partition coefficient (Wildman–Crippen LogP) is 1.80. The molecule has 0 spiro atoms. The first-order valence-corrected chi connectivity index (χ1v) is 7.26. The lowest BCUT2D eigenvalue weighted by atomic mass is 10.2. The van der Waals surface area contributed by atoms with Gasteiger partial charge in [0.15, 0.2) is 0 Å². The minimum absolute atomic E-state index is 0.329. The van der Waals surface area contributed by atoms with Crippen LogP contribution in [0.5, 0.6) is 0 Å². The molecule has 0 aromatic carbocycles. The number of pyridine rings is 1. The van der Waals surface area contributed by atoms with Gasteiger partial charge in [-0.05, 0) is 31.5 Å². The highest BCUT2D eigenvalue weighted by atomic mass is 16.5. The van der Waals surface area contributed by atoms with E-state index in [1.165, 1.54) is 5.56 Å². The SMILES string of the molecule is CCNCc1ccc(CN2CCCOC(C)C2)nc1. The van der Waals surface area contributed by atoms with Crippen LogP contribution in [0, 0.1) is 0 Å². The molecule has 1 aliphatic heterocycles. The number of ether oxygens (including phenoxy) is 1. The molecule has 2 rings (SSSR count). The zero-order chi connectivity index (χ0) is 13.5. The van der Waals surface area contributed by atoms with Crippen LogP contribution in [0.15, 0.2) is 18.3 Å². The average molecular weight is 263 g/mol. The van der Waals surface area contributed by atoms with E-state index >= 15 is 0 Å². The number of aromatic nitrogens is 1. The lowest BCUT2D eigenvalue weighted by Gasteiger charge is -2.21. The van der Waals surface area contributed by atoms with Crippen LogP contribution in [-0.4, -0.2) is 42.2 Å². The van der Waals surface area contributed by atoms with E-state index in [0.717, 1.165) is 51.4 Å². The molecule has 0 saturated carbocycles. The van der Waals surface area contributed by atoms with Crippen molar-refractivity contribution in [2.24, 2.45) is 0 Å². The quantitative estimate of drug-likeness (QED) is 0.879. The molecular weight excluding hydrogens is 238 g/mol. The molecule has 0 bridgehead atoms. The van der Waals surface area contributed by atoms with Crippen LogP contribution in [-0.2, 0) is 17.8 Å². The van der Waals surface area contributed by atoms with E-state index in [1.54, 1.807) is 0 Å². The molecule has 0 amide bonds. The molecule has 2 heterocycles. The third kappa shape index (κ3) is 4.90.